The van der Waals surface area contributed by atoms with Gasteiger partial charge in [0, 0.05) is 19.5 Å². The van der Waals surface area contributed by atoms with E-state index in [1.807, 2.05) is 12.1 Å². The third-order valence-electron chi connectivity index (χ3n) is 3.83. The van der Waals surface area contributed by atoms with Crippen molar-refractivity contribution in [2.75, 3.05) is 30.5 Å². The van der Waals surface area contributed by atoms with Crippen molar-refractivity contribution in [3.63, 3.8) is 0 Å². The molecule has 0 radical (unpaired) electrons. The van der Waals surface area contributed by atoms with Gasteiger partial charge in [-0.2, -0.15) is 8.42 Å². The van der Waals surface area contributed by atoms with Crippen molar-refractivity contribution in [2.45, 2.75) is 12.8 Å². The second-order valence-electron chi connectivity index (χ2n) is 5.33. The molecule has 0 spiro atoms. The summed E-state index contributed by atoms with van der Waals surface area (Å²) in [6, 6.07) is 7.19. The van der Waals surface area contributed by atoms with E-state index in [1.54, 1.807) is 12.1 Å². The number of cyclic esters (lactones) is 1. The molecule has 0 aromatic heterocycles. The van der Waals surface area contributed by atoms with Gasteiger partial charge in [0.25, 0.3) is 0 Å². The van der Waals surface area contributed by atoms with Gasteiger partial charge in [0.2, 0.25) is 5.91 Å². The summed E-state index contributed by atoms with van der Waals surface area (Å²) in [5, 5.41) is 0. The molecule has 9 heteroatoms. The van der Waals surface area contributed by atoms with Crippen molar-refractivity contribution in [3.05, 3.63) is 29.8 Å². The lowest BCUT2D eigenvalue weighted by atomic mass is 10.2. The van der Waals surface area contributed by atoms with Gasteiger partial charge in [-0.3, -0.25) is 9.10 Å². The van der Waals surface area contributed by atoms with E-state index in [4.69, 9.17) is 4.74 Å². The lowest BCUT2D eigenvalue weighted by Crippen LogP contribution is -2.43. The molecule has 3 rings (SSSR count). The molecule has 23 heavy (non-hydrogen) atoms. The number of para-hydroxylation sites is 1. The number of hydrogen-bond acceptors (Lipinski definition) is 5. The van der Waals surface area contributed by atoms with Gasteiger partial charge in [-0.1, -0.05) is 18.2 Å². The number of nitrogens with zero attached hydrogens (tertiary/aromatic N) is 2. The number of carbonyl (C=O) groups is 2. The van der Waals surface area contributed by atoms with Crippen LogP contribution in [0.1, 0.15) is 12.0 Å². The van der Waals surface area contributed by atoms with Gasteiger partial charge < -0.3 is 9.64 Å². The van der Waals surface area contributed by atoms with Gasteiger partial charge >= 0.3 is 16.3 Å². The number of carbonyl (C=O) groups excluding carboxylic acids is 2. The number of benzene rings is 1. The van der Waals surface area contributed by atoms with Crippen LogP contribution < -0.4 is 9.03 Å². The van der Waals surface area contributed by atoms with Gasteiger partial charge in [0.15, 0.2) is 0 Å². The van der Waals surface area contributed by atoms with E-state index >= 15 is 0 Å². The zero-order valence-corrected chi connectivity index (χ0v) is 13.2. The molecule has 8 nitrogen and oxygen atoms in total. The molecule has 1 aromatic rings. The van der Waals surface area contributed by atoms with Gasteiger partial charge in [-0.25, -0.2) is 9.52 Å². The van der Waals surface area contributed by atoms with Gasteiger partial charge in [0.05, 0.1) is 12.2 Å². The summed E-state index contributed by atoms with van der Waals surface area (Å²) in [5.41, 5.74) is 1.53. The molecule has 0 bridgehead atoms. The topological polar surface area (TPSA) is 96.0 Å². The van der Waals surface area contributed by atoms with Crippen molar-refractivity contribution < 1.29 is 22.7 Å². The van der Waals surface area contributed by atoms with Crippen LogP contribution in [0.25, 0.3) is 0 Å². The minimum Gasteiger partial charge on any atom is -0.448 e. The molecule has 0 aliphatic carbocycles. The van der Waals surface area contributed by atoms with E-state index in [0.29, 0.717) is 31.8 Å². The fourth-order valence-corrected chi connectivity index (χ4v) is 3.94. The summed E-state index contributed by atoms with van der Waals surface area (Å²) in [5.74, 6) is -0.644. The minimum atomic E-state index is -3.93. The molecule has 2 aliphatic rings. The second kappa shape index (κ2) is 6.07. The highest BCUT2D eigenvalue weighted by molar-refractivity contribution is 7.91. The lowest BCUT2D eigenvalue weighted by molar-refractivity contribution is -0.119. The smallest absolute Gasteiger partial charge is 0.409 e. The number of rotatable bonds is 5. The monoisotopic (exact) mass is 339 g/mol. The van der Waals surface area contributed by atoms with E-state index in [1.165, 1.54) is 9.21 Å². The van der Waals surface area contributed by atoms with E-state index in [-0.39, 0.29) is 13.0 Å². The lowest BCUT2D eigenvalue weighted by Gasteiger charge is -2.20. The number of fused-ring (bicyclic) bond motifs is 1. The summed E-state index contributed by atoms with van der Waals surface area (Å²) in [6.07, 6.45) is 0.0449. The number of hydrogen-bond donors (Lipinski definition) is 1. The first-order chi connectivity index (χ1) is 11.0. The van der Waals surface area contributed by atoms with E-state index < -0.39 is 22.2 Å². The number of nitrogens with one attached hydrogen (secondary N) is 1. The van der Waals surface area contributed by atoms with Crippen LogP contribution in [-0.4, -0.2) is 51.6 Å². The Morgan fingerprint density at radius 1 is 1.26 bits per heavy atom. The third kappa shape index (κ3) is 3.24. The molecule has 1 fully saturated rings. The highest BCUT2D eigenvalue weighted by atomic mass is 32.2. The van der Waals surface area contributed by atoms with Crippen LogP contribution in [0.4, 0.5) is 10.5 Å². The van der Waals surface area contributed by atoms with Crippen LogP contribution in [0.5, 0.6) is 0 Å². The van der Waals surface area contributed by atoms with Gasteiger partial charge in [-0.15, -0.1) is 0 Å². The normalized spacial score (nSPS) is 17.1. The van der Waals surface area contributed by atoms with Crippen molar-refractivity contribution in [3.8, 4) is 0 Å². The Labute approximate surface area is 134 Å². The summed E-state index contributed by atoms with van der Waals surface area (Å²) in [7, 11) is -3.93. The first-order valence-electron chi connectivity index (χ1n) is 7.30. The Morgan fingerprint density at radius 3 is 2.78 bits per heavy atom. The Kier molecular flexibility index (Phi) is 4.12. The molecule has 0 unspecified atom stereocenters. The van der Waals surface area contributed by atoms with Crippen LogP contribution in [-0.2, 0) is 26.2 Å². The molecule has 2 heterocycles. The Morgan fingerprint density at radius 2 is 2.04 bits per heavy atom. The summed E-state index contributed by atoms with van der Waals surface area (Å²) in [4.78, 5) is 24.5. The second-order valence-corrected chi connectivity index (χ2v) is 6.93. The molecule has 124 valence electrons. The maximum atomic E-state index is 12.4. The van der Waals surface area contributed by atoms with Crippen molar-refractivity contribution in [1.82, 2.24) is 9.62 Å². The van der Waals surface area contributed by atoms with Crippen molar-refractivity contribution in [1.29, 1.82) is 0 Å². The number of ether oxygens (including phenoxy) is 1. The van der Waals surface area contributed by atoms with Crippen molar-refractivity contribution in [2.24, 2.45) is 0 Å². The molecule has 2 aliphatic heterocycles. The fourth-order valence-electron chi connectivity index (χ4n) is 2.67. The first kappa shape index (κ1) is 15.6. The van der Waals surface area contributed by atoms with E-state index in [2.05, 4.69) is 4.72 Å². The first-order valence-corrected chi connectivity index (χ1v) is 8.74. The summed E-state index contributed by atoms with van der Waals surface area (Å²) in [6.45, 7) is 1.15. The summed E-state index contributed by atoms with van der Waals surface area (Å²) < 4.78 is 32.7. The van der Waals surface area contributed by atoms with Crippen LogP contribution >= 0.6 is 0 Å². The quantitative estimate of drug-likeness (QED) is 0.830. The molecule has 0 saturated carbocycles. The highest BCUT2D eigenvalue weighted by Crippen LogP contribution is 2.29. The Balaban J connectivity index is 1.60. The largest absolute Gasteiger partial charge is 0.448 e. The average molecular weight is 339 g/mol. The van der Waals surface area contributed by atoms with Crippen LogP contribution in [0.2, 0.25) is 0 Å². The highest BCUT2D eigenvalue weighted by Gasteiger charge is 2.30. The van der Waals surface area contributed by atoms with Gasteiger partial charge in [-0.05, 0) is 18.1 Å². The standard InChI is InChI=1S/C14H17N3O5S/c18-13(6-7-16-9-10-22-14(16)19)15-23(20,21)17-8-5-11-3-1-2-4-12(11)17/h1-4H,5-10H2,(H,15,18). The Hall–Kier alpha value is -2.29. The molecule has 0 atom stereocenters. The zero-order valence-electron chi connectivity index (χ0n) is 12.4. The predicted molar refractivity (Wildman–Crippen MR) is 82.1 cm³/mol. The number of anilines is 1. The zero-order chi connectivity index (χ0) is 16.4. The molecule has 2 amide bonds. The fraction of sp³-hybridized carbons (Fsp3) is 0.429. The molecule has 1 saturated heterocycles. The maximum Gasteiger partial charge on any atom is 0.409 e. The predicted octanol–water partition coefficient (Wildman–Crippen LogP) is 0.252. The van der Waals surface area contributed by atoms with E-state index in [0.717, 1.165) is 5.56 Å². The van der Waals surface area contributed by atoms with Crippen LogP contribution in [0.3, 0.4) is 0 Å². The molecule has 1 aromatic carbocycles. The molecule has 1 N–H and O–H groups in total. The minimum absolute atomic E-state index is 0.0934. The van der Waals surface area contributed by atoms with Crippen LogP contribution in [0, 0.1) is 0 Å². The maximum absolute atomic E-state index is 12.4. The van der Waals surface area contributed by atoms with E-state index in [9.17, 15) is 18.0 Å². The molecular formula is C14H17N3O5S. The Bertz CT molecular complexity index is 734. The molecular weight excluding hydrogens is 322 g/mol. The number of amides is 2. The summed E-state index contributed by atoms with van der Waals surface area (Å²) >= 11 is 0. The van der Waals surface area contributed by atoms with Crippen LogP contribution in [0.15, 0.2) is 24.3 Å². The average Bonchev–Trinajstić information content (AvgIpc) is 3.11. The van der Waals surface area contributed by atoms with Crippen molar-refractivity contribution >= 4 is 27.9 Å². The SMILES string of the molecule is O=C(CCN1CCOC1=O)NS(=O)(=O)N1CCc2ccccc21. The third-order valence-corrected chi connectivity index (χ3v) is 5.28. The van der Waals surface area contributed by atoms with Gasteiger partial charge in [0.1, 0.15) is 6.61 Å².